The van der Waals surface area contributed by atoms with Crippen LogP contribution in [-0.4, -0.2) is 44.1 Å². The third kappa shape index (κ3) is 5.48. The Labute approximate surface area is 188 Å². The lowest BCUT2D eigenvalue weighted by atomic mass is 10.1. The Balaban J connectivity index is 1.54. The van der Waals surface area contributed by atoms with Crippen molar-refractivity contribution in [3.05, 3.63) is 45.9 Å². The quantitative estimate of drug-likeness (QED) is 0.520. The number of nitrogens with two attached hydrogens (primary N) is 1. The fourth-order valence-corrected chi connectivity index (χ4v) is 4.29. The van der Waals surface area contributed by atoms with Gasteiger partial charge < -0.3 is 15.5 Å². The van der Waals surface area contributed by atoms with E-state index in [0.717, 1.165) is 38.0 Å². The fourth-order valence-electron chi connectivity index (χ4n) is 4.29. The van der Waals surface area contributed by atoms with Gasteiger partial charge in [-0.25, -0.2) is 4.79 Å². The molecule has 3 aromatic rings. The smallest absolute Gasteiger partial charge is 0.328 e. The summed E-state index contributed by atoms with van der Waals surface area (Å²) in [6.07, 6.45) is 8.49. The summed E-state index contributed by atoms with van der Waals surface area (Å²) in [5.74, 6) is 0.225. The van der Waals surface area contributed by atoms with Crippen LogP contribution in [0.25, 0.3) is 11.2 Å². The molecule has 0 saturated carbocycles. The van der Waals surface area contributed by atoms with Gasteiger partial charge in [0.05, 0.1) is 13.2 Å². The highest BCUT2D eigenvalue weighted by atomic mass is 16.5. The Kier molecular flexibility index (Phi) is 7.42. The molecule has 0 unspecified atom stereocenters. The summed E-state index contributed by atoms with van der Waals surface area (Å²) in [6.45, 7) is 6.29. The molecule has 3 heterocycles. The number of ether oxygens (including phenoxy) is 1. The van der Waals surface area contributed by atoms with E-state index in [0.29, 0.717) is 24.3 Å². The Bertz CT molecular complexity index is 1080. The molecule has 4 rings (SSSR count). The first-order chi connectivity index (χ1) is 15.6. The molecule has 1 aliphatic heterocycles. The third-order valence-electron chi connectivity index (χ3n) is 6.05. The number of anilines is 1. The number of hydrogen-bond acceptors (Lipinski definition) is 6. The second-order valence-corrected chi connectivity index (χ2v) is 8.67. The monoisotopic (exact) mass is 438 g/mol. The van der Waals surface area contributed by atoms with Crippen LogP contribution in [0, 0.1) is 0 Å². The predicted octanol–water partition coefficient (Wildman–Crippen LogP) is 3.70. The van der Waals surface area contributed by atoms with Gasteiger partial charge in [-0.15, -0.1) is 0 Å². The van der Waals surface area contributed by atoms with Crippen molar-refractivity contribution in [3.8, 4) is 6.01 Å². The van der Waals surface area contributed by atoms with Crippen molar-refractivity contribution in [1.82, 2.24) is 24.4 Å². The molecule has 8 nitrogen and oxygen atoms in total. The summed E-state index contributed by atoms with van der Waals surface area (Å²) in [5, 5.41) is 0. The molecule has 1 aliphatic rings. The zero-order valence-electron chi connectivity index (χ0n) is 19.0. The van der Waals surface area contributed by atoms with Gasteiger partial charge in [0.15, 0.2) is 11.5 Å². The molecule has 32 heavy (non-hydrogen) atoms. The van der Waals surface area contributed by atoms with Crippen molar-refractivity contribution in [3.63, 3.8) is 0 Å². The number of hydrogen-bond donors (Lipinski definition) is 2. The van der Waals surface area contributed by atoms with E-state index in [1.165, 1.54) is 37.7 Å². The zero-order valence-corrected chi connectivity index (χ0v) is 19.0. The van der Waals surface area contributed by atoms with Crippen LogP contribution in [-0.2, 0) is 13.1 Å². The molecule has 0 aliphatic carbocycles. The summed E-state index contributed by atoms with van der Waals surface area (Å²) in [4.78, 5) is 26.7. The van der Waals surface area contributed by atoms with E-state index < -0.39 is 0 Å². The fraction of sp³-hybridized carbons (Fsp3) is 0.542. The van der Waals surface area contributed by atoms with Crippen LogP contribution in [0.1, 0.15) is 63.0 Å². The summed E-state index contributed by atoms with van der Waals surface area (Å²) in [7, 11) is 0. The average molecular weight is 439 g/mol. The molecule has 0 atom stereocenters. The zero-order chi connectivity index (χ0) is 22.3. The highest BCUT2D eigenvalue weighted by Gasteiger charge is 2.15. The summed E-state index contributed by atoms with van der Waals surface area (Å²) in [5.41, 5.74) is 9.08. The minimum atomic E-state index is -0.249. The van der Waals surface area contributed by atoms with Gasteiger partial charge in [0.2, 0.25) is 0 Å². The van der Waals surface area contributed by atoms with Crippen LogP contribution in [0.4, 0.5) is 5.82 Å². The second-order valence-electron chi connectivity index (χ2n) is 8.67. The van der Waals surface area contributed by atoms with E-state index in [4.69, 9.17) is 10.5 Å². The van der Waals surface area contributed by atoms with Crippen molar-refractivity contribution < 1.29 is 4.74 Å². The van der Waals surface area contributed by atoms with Gasteiger partial charge in [-0.1, -0.05) is 56.9 Å². The number of benzene rings is 1. The highest BCUT2D eigenvalue weighted by Crippen LogP contribution is 2.20. The first-order valence-corrected chi connectivity index (χ1v) is 11.8. The molecule has 1 aromatic carbocycles. The topological polar surface area (TPSA) is 102 Å². The van der Waals surface area contributed by atoms with Gasteiger partial charge >= 0.3 is 11.7 Å². The lowest BCUT2D eigenvalue weighted by molar-refractivity contribution is 0.240. The molecule has 1 fully saturated rings. The minimum absolute atomic E-state index is 0.210. The molecule has 2 aromatic heterocycles. The average Bonchev–Trinajstić information content (AvgIpc) is 3.06. The lowest BCUT2D eigenvalue weighted by Gasteiger charge is -2.24. The normalized spacial score (nSPS) is 15.5. The van der Waals surface area contributed by atoms with Crippen molar-refractivity contribution in [2.75, 3.05) is 25.4 Å². The molecular weight excluding hydrogens is 404 g/mol. The number of aromatic amines is 1. The second kappa shape index (κ2) is 10.6. The molecule has 8 heteroatoms. The minimum Gasteiger partial charge on any atom is -0.463 e. The number of nitrogens with zero attached hydrogens (tertiary/aromatic N) is 4. The van der Waals surface area contributed by atoms with Crippen LogP contribution >= 0.6 is 0 Å². The summed E-state index contributed by atoms with van der Waals surface area (Å²) >= 11 is 0. The van der Waals surface area contributed by atoms with Gasteiger partial charge in [0.1, 0.15) is 5.52 Å². The van der Waals surface area contributed by atoms with Gasteiger partial charge in [-0.2, -0.15) is 9.97 Å². The van der Waals surface area contributed by atoms with Crippen LogP contribution in [0.15, 0.2) is 29.1 Å². The van der Waals surface area contributed by atoms with Gasteiger partial charge in [-0.3, -0.25) is 9.47 Å². The van der Waals surface area contributed by atoms with E-state index in [1.807, 2.05) is 6.07 Å². The first-order valence-electron chi connectivity index (χ1n) is 11.8. The molecular formula is C24H34N6O2. The van der Waals surface area contributed by atoms with Crippen LogP contribution in [0.5, 0.6) is 6.01 Å². The maximum absolute atomic E-state index is 12.7. The molecule has 172 valence electrons. The number of unbranched alkanes of at least 4 members (excludes halogenated alkanes) is 1. The summed E-state index contributed by atoms with van der Waals surface area (Å²) in [6, 6.07) is 8.68. The van der Waals surface area contributed by atoms with Gasteiger partial charge in [0.25, 0.3) is 0 Å². The first kappa shape index (κ1) is 22.3. The number of aromatic nitrogens is 4. The number of nitrogen functional groups attached to an aromatic ring is 1. The molecule has 0 radical (unpaired) electrons. The predicted molar refractivity (Wildman–Crippen MR) is 127 cm³/mol. The van der Waals surface area contributed by atoms with Gasteiger partial charge in [-0.05, 0) is 43.5 Å². The van der Waals surface area contributed by atoms with Crippen LogP contribution < -0.4 is 16.2 Å². The number of H-pyrrole nitrogens is 1. The number of imidazole rings is 1. The Hall–Kier alpha value is -2.87. The molecule has 0 bridgehead atoms. The van der Waals surface area contributed by atoms with Crippen molar-refractivity contribution in [1.29, 1.82) is 0 Å². The Morgan fingerprint density at radius 1 is 1.06 bits per heavy atom. The molecule has 3 N–H and O–H groups in total. The van der Waals surface area contributed by atoms with Gasteiger partial charge in [0, 0.05) is 6.54 Å². The number of rotatable bonds is 8. The number of fused-ring (bicyclic) bond motifs is 1. The Morgan fingerprint density at radius 3 is 2.53 bits per heavy atom. The third-order valence-corrected chi connectivity index (χ3v) is 6.05. The van der Waals surface area contributed by atoms with E-state index in [2.05, 4.69) is 45.0 Å². The summed E-state index contributed by atoms with van der Waals surface area (Å²) < 4.78 is 7.24. The highest BCUT2D eigenvalue weighted by molar-refractivity contribution is 5.81. The maximum atomic E-state index is 12.7. The van der Waals surface area contributed by atoms with Crippen LogP contribution in [0.3, 0.4) is 0 Å². The maximum Gasteiger partial charge on any atom is 0.328 e. The number of nitrogens with one attached hydrogen (secondary N) is 1. The molecule has 0 amide bonds. The van der Waals surface area contributed by atoms with Crippen molar-refractivity contribution >= 4 is 17.0 Å². The van der Waals surface area contributed by atoms with Crippen molar-refractivity contribution in [2.24, 2.45) is 0 Å². The van der Waals surface area contributed by atoms with Crippen molar-refractivity contribution in [2.45, 2.75) is 65.0 Å². The van der Waals surface area contributed by atoms with E-state index in [1.54, 1.807) is 4.57 Å². The van der Waals surface area contributed by atoms with Crippen LogP contribution in [0.2, 0.25) is 0 Å². The Morgan fingerprint density at radius 2 is 1.78 bits per heavy atom. The largest absolute Gasteiger partial charge is 0.463 e. The molecule has 0 spiro atoms. The molecule has 1 saturated heterocycles. The van der Waals surface area contributed by atoms with E-state index in [9.17, 15) is 4.79 Å². The van der Waals surface area contributed by atoms with E-state index >= 15 is 0 Å². The number of likely N-dealkylation sites (tertiary alicyclic amines) is 1. The SMILES string of the molecule is CCCCOc1nc(N)c2[nH]c(=O)n(Cc3cccc(CN4CCCCCCC4)c3)c2n1. The lowest BCUT2D eigenvalue weighted by Crippen LogP contribution is -2.27. The standard InChI is InChI=1S/C24H34N6O2/c1-2-3-14-32-23-27-21(25)20-22(28-23)30(24(31)26-20)17-19-11-9-10-18(15-19)16-29-12-7-5-4-6-8-13-29/h9-11,15H,2-8,12-14,16-17H2,1H3,(H,26,31)(H2,25,27,28). The van der Waals surface area contributed by atoms with E-state index in [-0.39, 0.29) is 17.5 Å².